The number of guanidine groups is 1. The van der Waals surface area contributed by atoms with Crippen LogP contribution in [0.3, 0.4) is 0 Å². The Morgan fingerprint density at radius 2 is 1.87 bits per heavy atom. The molecule has 2 fully saturated rings. The van der Waals surface area contributed by atoms with Crippen LogP contribution in [0.15, 0.2) is 29.3 Å². The highest BCUT2D eigenvalue weighted by Crippen LogP contribution is 2.31. The van der Waals surface area contributed by atoms with Crippen molar-refractivity contribution in [3.8, 4) is 5.75 Å². The van der Waals surface area contributed by atoms with E-state index in [9.17, 15) is 0 Å². The van der Waals surface area contributed by atoms with Crippen molar-refractivity contribution >= 4 is 5.96 Å². The molecule has 2 aliphatic rings. The third kappa shape index (κ3) is 7.09. The van der Waals surface area contributed by atoms with Gasteiger partial charge in [0, 0.05) is 45.3 Å². The molecule has 2 saturated heterocycles. The number of hydrogen-bond acceptors (Lipinski definition) is 5. The van der Waals surface area contributed by atoms with Gasteiger partial charge in [0.2, 0.25) is 0 Å². The third-order valence-corrected chi connectivity index (χ3v) is 6.20. The minimum Gasteiger partial charge on any atom is -0.496 e. The second-order valence-corrected chi connectivity index (χ2v) is 8.75. The van der Waals surface area contributed by atoms with E-state index in [0.29, 0.717) is 12.2 Å². The van der Waals surface area contributed by atoms with Gasteiger partial charge in [-0.05, 0) is 52.3 Å². The summed E-state index contributed by atoms with van der Waals surface area (Å²) in [6.07, 6.45) is 4.25. The van der Waals surface area contributed by atoms with Crippen LogP contribution in [-0.4, -0.2) is 87.9 Å². The first-order valence-electron chi connectivity index (χ1n) is 11.8. The molecule has 174 valence electrons. The zero-order chi connectivity index (χ0) is 22.1. The Kier molecular flexibility index (Phi) is 9.43. The van der Waals surface area contributed by atoms with E-state index in [1.54, 1.807) is 7.11 Å². The molecule has 0 saturated carbocycles. The molecule has 0 spiro atoms. The van der Waals surface area contributed by atoms with Gasteiger partial charge in [-0.15, -0.1) is 0 Å². The lowest BCUT2D eigenvalue weighted by atomic mass is 10.0. The summed E-state index contributed by atoms with van der Waals surface area (Å²) in [5, 5.41) is 7.05. The molecular formula is C24H41N5O2. The number of ether oxygens (including phenoxy) is 2. The van der Waals surface area contributed by atoms with Crippen molar-refractivity contribution in [1.82, 2.24) is 20.4 Å². The normalized spacial score (nSPS) is 24.2. The van der Waals surface area contributed by atoms with E-state index in [1.807, 2.05) is 13.1 Å². The summed E-state index contributed by atoms with van der Waals surface area (Å²) < 4.78 is 11.5. The van der Waals surface area contributed by atoms with Gasteiger partial charge in [0.25, 0.3) is 0 Å². The quantitative estimate of drug-likeness (QED) is 0.356. The van der Waals surface area contributed by atoms with Crippen LogP contribution in [0.25, 0.3) is 0 Å². The van der Waals surface area contributed by atoms with Crippen molar-refractivity contribution in [3.05, 3.63) is 29.8 Å². The van der Waals surface area contributed by atoms with E-state index in [0.717, 1.165) is 63.9 Å². The van der Waals surface area contributed by atoms with Crippen molar-refractivity contribution in [1.29, 1.82) is 0 Å². The van der Waals surface area contributed by atoms with Crippen LogP contribution in [0.2, 0.25) is 0 Å². The number of para-hydroxylation sites is 1. The highest BCUT2D eigenvalue weighted by molar-refractivity contribution is 5.79. The van der Waals surface area contributed by atoms with Crippen LogP contribution in [0, 0.1) is 0 Å². The van der Waals surface area contributed by atoms with Gasteiger partial charge < -0.3 is 20.1 Å². The molecule has 2 aliphatic heterocycles. The molecule has 3 unspecified atom stereocenters. The number of nitrogens with zero attached hydrogens (tertiary/aromatic N) is 3. The summed E-state index contributed by atoms with van der Waals surface area (Å²) in [5.74, 6) is 1.82. The molecule has 0 aromatic heterocycles. The molecule has 0 bridgehead atoms. The Morgan fingerprint density at radius 3 is 2.55 bits per heavy atom. The second-order valence-electron chi connectivity index (χ2n) is 8.75. The summed E-state index contributed by atoms with van der Waals surface area (Å²) in [7, 11) is 3.60. The number of likely N-dealkylation sites (tertiary alicyclic amines) is 1. The molecule has 31 heavy (non-hydrogen) atoms. The lowest BCUT2D eigenvalue weighted by molar-refractivity contribution is -0.0679. The fourth-order valence-corrected chi connectivity index (χ4v) is 4.82. The maximum atomic E-state index is 5.83. The number of hydrogen-bond donors (Lipinski definition) is 2. The Morgan fingerprint density at radius 1 is 1.16 bits per heavy atom. The first-order chi connectivity index (χ1) is 15.1. The first-order valence-corrected chi connectivity index (χ1v) is 11.8. The molecule has 7 heteroatoms. The number of methoxy groups -OCH3 is 1. The minimum atomic E-state index is 0.272. The Bertz CT molecular complexity index is 682. The van der Waals surface area contributed by atoms with Gasteiger partial charge >= 0.3 is 0 Å². The predicted octanol–water partition coefficient (Wildman–Crippen LogP) is 2.50. The Balaban J connectivity index is 1.49. The third-order valence-electron chi connectivity index (χ3n) is 6.20. The van der Waals surface area contributed by atoms with Crippen LogP contribution < -0.4 is 15.4 Å². The van der Waals surface area contributed by atoms with Crippen LogP contribution in [0.1, 0.15) is 44.7 Å². The van der Waals surface area contributed by atoms with E-state index in [1.165, 1.54) is 18.4 Å². The molecule has 7 nitrogen and oxygen atoms in total. The highest BCUT2D eigenvalue weighted by Gasteiger charge is 2.26. The van der Waals surface area contributed by atoms with E-state index in [-0.39, 0.29) is 6.04 Å². The van der Waals surface area contributed by atoms with E-state index < -0.39 is 0 Å². The minimum absolute atomic E-state index is 0.272. The Hall–Kier alpha value is -1.83. The SMILES string of the molecule is CN=C(NCCCN1CC(C)OC(C)C1)NCC(c1ccccc1OC)N1CCCC1. The van der Waals surface area contributed by atoms with Gasteiger partial charge in [-0.1, -0.05) is 18.2 Å². The highest BCUT2D eigenvalue weighted by atomic mass is 16.5. The van der Waals surface area contributed by atoms with E-state index in [4.69, 9.17) is 9.47 Å². The number of rotatable bonds is 9. The van der Waals surface area contributed by atoms with Crippen molar-refractivity contribution in [3.63, 3.8) is 0 Å². The number of nitrogens with one attached hydrogen (secondary N) is 2. The molecule has 3 rings (SSSR count). The average Bonchev–Trinajstić information content (AvgIpc) is 3.29. The van der Waals surface area contributed by atoms with Gasteiger partial charge in [0.15, 0.2) is 5.96 Å². The topological polar surface area (TPSA) is 61.4 Å². The molecule has 3 atom stereocenters. The van der Waals surface area contributed by atoms with Gasteiger partial charge in [-0.25, -0.2) is 0 Å². The molecule has 0 aliphatic carbocycles. The maximum absolute atomic E-state index is 5.83. The fraction of sp³-hybridized carbons (Fsp3) is 0.708. The van der Waals surface area contributed by atoms with Gasteiger partial charge in [-0.3, -0.25) is 14.8 Å². The maximum Gasteiger partial charge on any atom is 0.191 e. The van der Waals surface area contributed by atoms with Crippen LogP contribution in [0.4, 0.5) is 0 Å². The standard InChI is InChI=1S/C24H41N5O2/c1-19-17-28(18-20(2)31-19)13-9-12-26-24(25-3)27-16-22(29-14-7-8-15-29)21-10-5-6-11-23(21)30-4/h5-6,10-11,19-20,22H,7-9,12-18H2,1-4H3,(H2,25,26,27). The van der Waals surface area contributed by atoms with Crippen molar-refractivity contribution in [2.45, 2.75) is 51.4 Å². The molecule has 0 radical (unpaired) electrons. The summed E-state index contributed by atoms with van der Waals surface area (Å²) in [6, 6.07) is 8.64. The van der Waals surface area contributed by atoms with Crippen molar-refractivity contribution < 1.29 is 9.47 Å². The predicted molar refractivity (Wildman–Crippen MR) is 127 cm³/mol. The molecule has 1 aromatic rings. The summed E-state index contributed by atoms with van der Waals surface area (Å²) in [6.45, 7) is 11.4. The molecule has 2 heterocycles. The largest absolute Gasteiger partial charge is 0.496 e. The zero-order valence-corrected chi connectivity index (χ0v) is 19.8. The monoisotopic (exact) mass is 431 g/mol. The van der Waals surface area contributed by atoms with Crippen LogP contribution in [-0.2, 0) is 4.74 Å². The summed E-state index contributed by atoms with van der Waals surface area (Å²) in [5.41, 5.74) is 1.24. The van der Waals surface area contributed by atoms with Crippen LogP contribution in [0.5, 0.6) is 5.75 Å². The molecule has 2 N–H and O–H groups in total. The van der Waals surface area contributed by atoms with Gasteiger partial charge in [0.1, 0.15) is 5.75 Å². The van der Waals surface area contributed by atoms with Gasteiger partial charge in [-0.2, -0.15) is 0 Å². The molecule has 1 aromatic carbocycles. The fourth-order valence-electron chi connectivity index (χ4n) is 4.82. The molecular weight excluding hydrogens is 390 g/mol. The lowest BCUT2D eigenvalue weighted by Gasteiger charge is -2.35. The second kappa shape index (κ2) is 12.3. The summed E-state index contributed by atoms with van der Waals surface area (Å²) in [4.78, 5) is 9.50. The van der Waals surface area contributed by atoms with Crippen molar-refractivity contribution in [2.24, 2.45) is 4.99 Å². The molecule has 0 amide bonds. The number of benzene rings is 1. The van der Waals surface area contributed by atoms with Crippen molar-refractivity contribution in [2.75, 3.05) is 60.0 Å². The average molecular weight is 432 g/mol. The van der Waals surface area contributed by atoms with E-state index >= 15 is 0 Å². The Labute approximate surface area is 188 Å². The van der Waals surface area contributed by atoms with E-state index in [2.05, 4.69) is 57.5 Å². The zero-order valence-electron chi connectivity index (χ0n) is 19.8. The smallest absolute Gasteiger partial charge is 0.191 e. The van der Waals surface area contributed by atoms with Crippen LogP contribution >= 0.6 is 0 Å². The summed E-state index contributed by atoms with van der Waals surface area (Å²) >= 11 is 0. The first kappa shape index (κ1) is 23.8. The number of morpholine rings is 1. The lowest BCUT2D eigenvalue weighted by Crippen LogP contribution is -2.46. The van der Waals surface area contributed by atoms with Gasteiger partial charge in [0.05, 0.1) is 25.4 Å². The number of aliphatic imine (C=N–C) groups is 1.